The SMILES string of the molecule is CCCCCCCCOCCOCCOCCOCCOCCOCCOCCOCCOCC. The van der Waals surface area contributed by atoms with Gasteiger partial charge in [0.05, 0.1) is 106 Å². The summed E-state index contributed by atoms with van der Waals surface area (Å²) >= 11 is 0. The molecule has 0 aromatic heterocycles. The topological polar surface area (TPSA) is 83.1 Å². The van der Waals surface area contributed by atoms with E-state index in [0.717, 1.165) is 19.6 Å². The van der Waals surface area contributed by atoms with Crippen LogP contribution >= 0.6 is 0 Å². The maximum absolute atomic E-state index is 5.57. The number of ether oxygens (including phenoxy) is 9. The molecule has 0 rings (SSSR count). The van der Waals surface area contributed by atoms with Crippen molar-refractivity contribution in [3.05, 3.63) is 0 Å². The lowest BCUT2D eigenvalue weighted by molar-refractivity contribution is -0.0248. The molecule has 0 fully saturated rings. The van der Waals surface area contributed by atoms with Gasteiger partial charge in [0.25, 0.3) is 0 Å². The monoisotopic (exact) mass is 510 g/mol. The largest absolute Gasteiger partial charge is 0.379 e. The fourth-order valence-electron chi connectivity index (χ4n) is 2.89. The summed E-state index contributed by atoms with van der Waals surface area (Å²) in [7, 11) is 0. The van der Waals surface area contributed by atoms with E-state index in [2.05, 4.69) is 6.92 Å². The summed E-state index contributed by atoms with van der Waals surface area (Å²) < 4.78 is 48.9. The van der Waals surface area contributed by atoms with E-state index in [4.69, 9.17) is 42.6 Å². The standard InChI is InChI=1S/C26H54O9/c1-3-5-6-7-8-9-10-28-13-14-30-17-18-32-21-22-34-25-26-35-24-23-33-20-19-31-16-15-29-12-11-27-4-2/h3-26H2,1-2H3. The van der Waals surface area contributed by atoms with Crippen LogP contribution in [0.5, 0.6) is 0 Å². The van der Waals surface area contributed by atoms with Crippen LogP contribution in [0.1, 0.15) is 52.4 Å². The van der Waals surface area contributed by atoms with Gasteiger partial charge in [-0.15, -0.1) is 0 Å². The summed E-state index contributed by atoms with van der Waals surface area (Å²) in [4.78, 5) is 0. The minimum absolute atomic E-state index is 0.542. The Morgan fingerprint density at radius 3 is 0.829 bits per heavy atom. The Kier molecular flexibility index (Phi) is 33.3. The van der Waals surface area contributed by atoms with Crippen LogP contribution in [0.2, 0.25) is 0 Å². The highest BCUT2D eigenvalue weighted by molar-refractivity contribution is 4.43. The van der Waals surface area contributed by atoms with Gasteiger partial charge >= 0.3 is 0 Å². The number of rotatable bonds is 32. The fourth-order valence-corrected chi connectivity index (χ4v) is 2.89. The van der Waals surface area contributed by atoms with Gasteiger partial charge in [-0.05, 0) is 13.3 Å². The second kappa shape index (κ2) is 33.6. The summed E-state index contributed by atoms with van der Waals surface area (Å²) in [6.45, 7) is 14.9. The molecule has 0 unspecified atom stereocenters. The minimum atomic E-state index is 0.542. The fraction of sp³-hybridized carbons (Fsp3) is 1.00. The number of unbranched alkanes of at least 4 members (excludes halogenated alkanes) is 5. The summed E-state index contributed by atoms with van der Waals surface area (Å²) in [6, 6.07) is 0. The van der Waals surface area contributed by atoms with E-state index in [1.54, 1.807) is 0 Å². The van der Waals surface area contributed by atoms with Gasteiger partial charge in [-0.3, -0.25) is 0 Å². The second-order valence-electron chi connectivity index (χ2n) is 7.86. The summed E-state index contributed by atoms with van der Waals surface area (Å²) in [5.41, 5.74) is 0. The molecule has 0 atom stereocenters. The lowest BCUT2D eigenvalue weighted by atomic mass is 10.1. The van der Waals surface area contributed by atoms with Crippen molar-refractivity contribution in [1.29, 1.82) is 0 Å². The summed E-state index contributed by atoms with van der Waals surface area (Å²) in [6.07, 6.45) is 7.72. The molecule has 0 aliphatic carbocycles. The molecule has 0 radical (unpaired) electrons. The van der Waals surface area contributed by atoms with E-state index >= 15 is 0 Å². The molecule has 0 saturated heterocycles. The smallest absolute Gasteiger partial charge is 0.0701 e. The van der Waals surface area contributed by atoms with Gasteiger partial charge in [0.2, 0.25) is 0 Å². The van der Waals surface area contributed by atoms with E-state index in [1.165, 1.54) is 32.1 Å². The lowest BCUT2D eigenvalue weighted by Crippen LogP contribution is -2.15. The van der Waals surface area contributed by atoms with Crippen molar-refractivity contribution in [2.75, 3.05) is 119 Å². The first-order valence-electron chi connectivity index (χ1n) is 13.6. The van der Waals surface area contributed by atoms with Gasteiger partial charge < -0.3 is 42.6 Å². The molecule has 0 heterocycles. The zero-order valence-electron chi connectivity index (χ0n) is 22.6. The molecule has 0 bridgehead atoms. The van der Waals surface area contributed by atoms with Crippen molar-refractivity contribution in [2.45, 2.75) is 52.4 Å². The van der Waals surface area contributed by atoms with Crippen molar-refractivity contribution < 1.29 is 42.6 Å². The average molecular weight is 511 g/mol. The van der Waals surface area contributed by atoms with Gasteiger partial charge in [0.15, 0.2) is 0 Å². The van der Waals surface area contributed by atoms with Gasteiger partial charge in [-0.2, -0.15) is 0 Å². The maximum Gasteiger partial charge on any atom is 0.0701 e. The minimum Gasteiger partial charge on any atom is -0.379 e. The van der Waals surface area contributed by atoms with Crippen LogP contribution in [0.4, 0.5) is 0 Å². The van der Waals surface area contributed by atoms with Gasteiger partial charge in [0.1, 0.15) is 0 Å². The molecular formula is C26H54O9. The molecule has 9 heteroatoms. The van der Waals surface area contributed by atoms with E-state index in [9.17, 15) is 0 Å². The van der Waals surface area contributed by atoms with Crippen molar-refractivity contribution in [3.8, 4) is 0 Å². The third-order valence-electron chi connectivity index (χ3n) is 4.82. The quantitative estimate of drug-likeness (QED) is 0.126. The van der Waals surface area contributed by atoms with Crippen molar-refractivity contribution in [3.63, 3.8) is 0 Å². The molecule has 0 aromatic carbocycles. The van der Waals surface area contributed by atoms with Crippen molar-refractivity contribution in [2.24, 2.45) is 0 Å². The Bertz CT molecular complexity index is 330. The van der Waals surface area contributed by atoms with Crippen LogP contribution in [0.25, 0.3) is 0 Å². The molecule has 0 spiro atoms. The third kappa shape index (κ3) is 33.6. The van der Waals surface area contributed by atoms with Crippen molar-refractivity contribution >= 4 is 0 Å². The van der Waals surface area contributed by atoms with Crippen LogP contribution in [-0.2, 0) is 42.6 Å². The average Bonchev–Trinajstić information content (AvgIpc) is 2.87. The van der Waals surface area contributed by atoms with Gasteiger partial charge in [-0.25, -0.2) is 0 Å². The molecule has 9 nitrogen and oxygen atoms in total. The van der Waals surface area contributed by atoms with Crippen LogP contribution in [-0.4, -0.2) is 119 Å². The normalized spacial score (nSPS) is 11.5. The molecule has 212 valence electrons. The zero-order valence-corrected chi connectivity index (χ0v) is 22.6. The molecule has 0 aliphatic heterocycles. The molecule has 0 N–H and O–H groups in total. The Labute approximate surface area is 214 Å². The van der Waals surface area contributed by atoms with Gasteiger partial charge in [0, 0.05) is 13.2 Å². The third-order valence-corrected chi connectivity index (χ3v) is 4.82. The molecule has 35 heavy (non-hydrogen) atoms. The summed E-state index contributed by atoms with van der Waals surface area (Å²) in [5.74, 6) is 0. The van der Waals surface area contributed by atoms with Crippen LogP contribution in [0.15, 0.2) is 0 Å². The maximum atomic E-state index is 5.57. The Morgan fingerprint density at radius 1 is 0.257 bits per heavy atom. The number of hydrogen-bond acceptors (Lipinski definition) is 9. The zero-order chi connectivity index (χ0) is 25.3. The Balaban J connectivity index is 3.00. The first-order chi connectivity index (χ1) is 17.4. The molecule has 0 amide bonds. The van der Waals surface area contributed by atoms with E-state index in [1.807, 2.05) is 6.92 Å². The van der Waals surface area contributed by atoms with E-state index in [0.29, 0.717) is 106 Å². The molecule has 0 saturated carbocycles. The highest BCUT2D eigenvalue weighted by Crippen LogP contribution is 2.04. The van der Waals surface area contributed by atoms with Gasteiger partial charge in [-0.1, -0.05) is 39.0 Å². The highest BCUT2D eigenvalue weighted by Gasteiger charge is 1.96. The highest BCUT2D eigenvalue weighted by atomic mass is 16.6. The summed E-state index contributed by atoms with van der Waals surface area (Å²) in [5, 5.41) is 0. The van der Waals surface area contributed by atoms with E-state index < -0.39 is 0 Å². The van der Waals surface area contributed by atoms with Crippen molar-refractivity contribution in [1.82, 2.24) is 0 Å². The van der Waals surface area contributed by atoms with Crippen LogP contribution < -0.4 is 0 Å². The van der Waals surface area contributed by atoms with Crippen LogP contribution in [0.3, 0.4) is 0 Å². The van der Waals surface area contributed by atoms with Crippen LogP contribution in [0, 0.1) is 0 Å². The molecule has 0 aliphatic rings. The predicted octanol–water partition coefficient (Wildman–Crippen LogP) is 3.52. The molecule has 0 aromatic rings. The second-order valence-corrected chi connectivity index (χ2v) is 7.86. The Morgan fingerprint density at radius 2 is 0.514 bits per heavy atom. The number of hydrogen-bond donors (Lipinski definition) is 0. The lowest BCUT2D eigenvalue weighted by Gasteiger charge is -2.08. The first kappa shape index (κ1) is 34.6. The first-order valence-corrected chi connectivity index (χ1v) is 13.6. The van der Waals surface area contributed by atoms with E-state index in [-0.39, 0.29) is 0 Å². The molecular weight excluding hydrogens is 456 g/mol. The predicted molar refractivity (Wildman–Crippen MR) is 136 cm³/mol. The Hall–Kier alpha value is -0.360.